The van der Waals surface area contributed by atoms with E-state index in [-0.39, 0.29) is 11.8 Å². The first-order chi connectivity index (χ1) is 7.61. The van der Waals surface area contributed by atoms with Gasteiger partial charge in [-0.3, -0.25) is 5.41 Å². The van der Waals surface area contributed by atoms with E-state index in [1.165, 1.54) is 18.4 Å². The minimum absolute atomic E-state index is 0.0424. The summed E-state index contributed by atoms with van der Waals surface area (Å²) in [6.45, 7) is 0. The number of nitrogens with two attached hydrogens (primary N) is 1. The maximum atomic E-state index is 11.3. The van der Waals surface area contributed by atoms with Gasteiger partial charge >= 0.3 is 5.97 Å². The molecule has 3 N–H and O–H groups in total. The summed E-state index contributed by atoms with van der Waals surface area (Å²) in [5, 5.41) is 8.24. The summed E-state index contributed by atoms with van der Waals surface area (Å²) in [5.74, 6) is -0.321. The van der Waals surface area contributed by atoms with Crippen LogP contribution < -0.4 is 5.73 Å². The van der Waals surface area contributed by atoms with Crippen molar-refractivity contribution in [3.05, 3.63) is 34.7 Å². The van der Waals surface area contributed by atoms with Crippen LogP contribution in [0.5, 0.6) is 0 Å². The van der Waals surface area contributed by atoms with Crippen LogP contribution >= 0.6 is 11.3 Å². The van der Waals surface area contributed by atoms with Crippen molar-refractivity contribution in [1.82, 2.24) is 0 Å². The van der Waals surface area contributed by atoms with Gasteiger partial charge in [0.25, 0.3) is 0 Å². The molecule has 0 unspecified atom stereocenters. The highest BCUT2D eigenvalue weighted by Crippen LogP contribution is 2.26. The summed E-state index contributed by atoms with van der Waals surface area (Å²) in [5.41, 5.74) is 5.91. The van der Waals surface area contributed by atoms with Crippen LogP contribution in [0, 0.1) is 5.41 Å². The molecule has 2 aromatic rings. The van der Waals surface area contributed by atoms with Crippen molar-refractivity contribution < 1.29 is 9.53 Å². The van der Waals surface area contributed by atoms with Crippen molar-refractivity contribution in [2.75, 3.05) is 7.11 Å². The Morgan fingerprint density at radius 1 is 1.44 bits per heavy atom. The molecule has 1 aromatic heterocycles. The number of nitrogen functional groups attached to an aromatic ring is 1. The molecule has 5 heteroatoms. The fourth-order valence-corrected chi connectivity index (χ4v) is 2.33. The molecular formula is C11H10N2O2S. The van der Waals surface area contributed by atoms with Gasteiger partial charge < -0.3 is 10.5 Å². The quantitative estimate of drug-likeness (QED) is 0.474. The summed E-state index contributed by atoms with van der Waals surface area (Å²) in [6, 6.07) is 7.08. The highest BCUT2D eigenvalue weighted by molar-refractivity contribution is 7.20. The largest absolute Gasteiger partial charge is 0.465 e. The summed E-state index contributed by atoms with van der Waals surface area (Å²) >= 11 is 1.43. The molecule has 16 heavy (non-hydrogen) atoms. The van der Waals surface area contributed by atoms with Crippen LogP contribution in [-0.4, -0.2) is 18.9 Å². The lowest BCUT2D eigenvalue weighted by Gasteiger charge is -1.97. The number of ether oxygens (including phenoxy) is 1. The van der Waals surface area contributed by atoms with E-state index in [9.17, 15) is 4.79 Å². The van der Waals surface area contributed by atoms with Crippen molar-refractivity contribution in [3.8, 4) is 0 Å². The van der Waals surface area contributed by atoms with E-state index < -0.39 is 0 Å². The van der Waals surface area contributed by atoms with Crippen molar-refractivity contribution in [1.29, 1.82) is 5.41 Å². The Kier molecular flexibility index (Phi) is 2.62. The molecule has 1 heterocycles. The molecule has 0 fully saturated rings. The lowest BCUT2D eigenvalue weighted by atomic mass is 10.1. The van der Waals surface area contributed by atoms with Crippen LogP contribution in [0.2, 0.25) is 0 Å². The molecule has 0 saturated carbocycles. The second-order valence-corrected chi connectivity index (χ2v) is 4.35. The fourth-order valence-electron chi connectivity index (χ4n) is 1.42. The molecule has 1 aromatic carbocycles. The third kappa shape index (κ3) is 1.77. The van der Waals surface area contributed by atoms with Crippen molar-refractivity contribution in [3.63, 3.8) is 0 Å². The van der Waals surface area contributed by atoms with Gasteiger partial charge in [0.2, 0.25) is 0 Å². The zero-order valence-electron chi connectivity index (χ0n) is 8.61. The Morgan fingerprint density at radius 3 is 2.81 bits per heavy atom. The molecule has 0 aliphatic rings. The number of hydrogen-bond donors (Lipinski definition) is 2. The Hall–Kier alpha value is -1.88. The van der Waals surface area contributed by atoms with E-state index in [2.05, 4.69) is 4.74 Å². The number of esters is 1. The van der Waals surface area contributed by atoms with Gasteiger partial charge in [-0.1, -0.05) is 0 Å². The van der Waals surface area contributed by atoms with Gasteiger partial charge in [-0.05, 0) is 29.7 Å². The maximum Gasteiger partial charge on any atom is 0.337 e. The van der Waals surface area contributed by atoms with Gasteiger partial charge in [-0.25, -0.2) is 4.79 Å². The number of fused-ring (bicyclic) bond motifs is 1. The van der Waals surface area contributed by atoms with Crippen LogP contribution in [0.1, 0.15) is 15.2 Å². The first-order valence-corrected chi connectivity index (χ1v) is 5.40. The number of carbonyl (C=O) groups excluding carboxylic acids is 1. The van der Waals surface area contributed by atoms with Crippen LogP contribution in [0.25, 0.3) is 10.1 Å². The number of hydrogen-bond acceptors (Lipinski definition) is 4. The lowest BCUT2D eigenvalue weighted by molar-refractivity contribution is 0.0601. The van der Waals surface area contributed by atoms with Gasteiger partial charge in [-0.15, -0.1) is 11.3 Å². The maximum absolute atomic E-state index is 11.3. The highest BCUT2D eigenvalue weighted by Gasteiger charge is 2.09. The molecule has 0 saturated heterocycles. The number of benzene rings is 1. The molecule has 0 bridgehead atoms. The smallest absolute Gasteiger partial charge is 0.337 e. The van der Waals surface area contributed by atoms with Gasteiger partial charge in [-0.2, -0.15) is 0 Å². The van der Waals surface area contributed by atoms with E-state index in [0.717, 1.165) is 10.1 Å². The van der Waals surface area contributed by atoms with Crippen molar-refractivity contribution >= 4 is 33.2 Å². The number of rotatable bonds is 2. The molecule has 0 atom stereocenters. The number of thiophene rings is 1. The molecule has 0 aliphatic carbocycles. The van der Waals surface area contributed by atoms with E-state index in [4.69, 9.17) is 11.1 Å². The zero-order valence-corrected chi connectivity index (χ0v) is 9.43. The average molecular weight is 234 g/mol. The zero-order chi connectivity index (χ0) is 11.7. The average Bonchev–Trinajstić information content (AvgIpc) is 2.70. The first kappa shape index (κ1) is 10.6. The van der Waals surface area contributed by atoms with Crippen LogP contribution in [0.4, 0.5) is 0 Å². The molecule has 0 amide bonds. The van der Waals surface area contributed by atoms with Crippen molar-refractivity contribution in [2.45, 2.75) is 0 Å². The summed E-state index contributed by atoms with van der Waals surface area (Å²) in [6.07, 6.45) is 0. The molecule has 0 spiro atoms. The van der Waals surface area contributed by atoms with Crippen LogP contribution in [0.3, 0.4) is 0 Å². The second kappa shape index (κ2) is 3.94. The Bertz CT molecular complexity index is 574. The Labute approximate surface area is 96.1 Å². The number of methoxy groups -OCH3 is 1. The van der Waals surface area contributed by atoms with Crippen LogP contribution in [0.15, 0.2) is 24.3 Å². The predicted octanol–water partition coefficient (Wildman–Crippen LogP) is 1.97. The molecule has 0 radical (unpaired) electrons. The molecular weight excluding hydrogens is 224 g/mol. The second-order valence-electron chi connectivity index (χ2n) is 3.27. The standard InChI is InChI=1S/C11H10N2O2S/c1-15-11(14)6-2-3-8-7(4-6)5-9(16-8)10(12)13/h2-5H,1H3,(H3,12,13). The Morgan fingerprint density at radius 2 is 2.19 bits per heavy atom. The number of carbonyl (C=O) groups is 1. The monoisotopic (exact) mass is 234 g/mol. The van der Waals surface area contributed by atoms with Gasteiger partial charge in [0.05, 0.1) is 17.6 Å². The third-order valence-corrected chi connectivity index (χ3v) is 3.35. The summed E-state index contributed by atoms with van der Waals surface area (Å²) in [4.78, 5) is 12.0. The molecule has 2 rings (SSSR count). The SMILES string of the molecule is COC(=O)c1ccc2sc(C(=N)N)cc2c1. The summed E-state index contributed by atoms with van der Waals surface area (Å²) < 4.78 is 5.63. The first-order valence-electron chi connectivity index (χ1n) is 4.58. The van der Waals surface area contributed by atoms with Crippen LogP contribution in [-0.2, 0) is 4.74 Å². The summed E-state index contributed by atoms with van der Waals surface area (Å²) in [7, 11) is 1.35. The lowest BCUT2D eigenvalue weighted by Crippen LogP contribution is -2.08. The molecule has 0 aliphatic heterocycles. The highest BCUT2D eigenvalue weighted by atomic mass is 32.1. The third-order valence-electron chi connectivity index (χ3n) is 2.20. The number of amidine groups is 1. The van der Waals surface area contributed by atoms with E-state index in [1.807, 2.05) is 6.07 Å². The normalized spacial score (nSPS) is 10.3. The topological polar surface area (TPSA) is 76.2 Å². The molecule has 82 valence electrons. The number of nitrogens with one attached hydrogen (secondary N) is 1. The predicted molar refractivity (Wildman–Crippen MR) is 64.2 cm³/mol. The van der Waals surface area contributed by atoms with Gasteiger partial charge in [0.15, 0.2) is 0 Å². The van der Waals surface area contributed by atoms with E-state index in [0.29, 0.717) is 10.4 Å². The molecule has 4 nitrogen and oxygen atoms in total. The fraction of sp³-hybridized carbons (Fsp3) is 0.0909. The van der Waals surface area contributed by atoms with Gasteiger partial charge in [0, 0.05) is 4.70 Å². The minimum Gasteiger partial charge on any atom is -0.465 e. The van der Waals surface area contributed by atoms with E-state index >= 15 is 0 Å². The van der Waals surface area contributed by atoms with Crippen molar-refractivity contribution in [2.24, 2.45) is 5.73 Å². The Balaban J connectivity index is 2.53. The van der Waals surface area contributed by atoms with Gasteiger partial charge in [0.1, 0.15) is 5.84 Å². The minimum atomic E-state index is -0.363. The van der Waals surface area contributed by atoms with E-state index in [1.54, 1.807) is 18.2 Å².